The van der Waals surface area contributed by atoms with E-state index in [9.17, 15) is 0 Å². The topological polar surface area (TPSA) is 27.0 Å². The maximum atomic E-state index is 8.86. The second-order valence-electron chi connectivity index (χ2n) is 4.96. The highest BCUT2D eigenvalue weighted by molar-refractivity contribution is 5.64. The van der Waals surface area contributed by atoms with Crippen LogP contribution in [0, 0.1) is 18.3 Å². The molecule has 2 rings (SSSR count). The lowest BCUT2D eigenvalue weighted by molar-refractivity contribution is 0.789. The van der Waals surface area contributed by atoms with Gasteiger partial charge in [0.05, 0.1) is 11.6 Å². The van der Waals surface area contributed by atoms with E-state index < -0.39 is 0 Å². The van der Waals surface area contributed by atoms with Crippen molar-refractivity contribution in [3.8, 4) is 6.07 Å². The molecule has 0 aliphatic heterocycles. The molecule has 0 aliphatic rings. The average molecular weight is 250 g/mol. The molecule has 0 bridgehead atoms. The molecule has 96 valence electrons. The summed E-state index contributed by atoms with van der Waals surface area (Å²) in [5.41, 5.74) is 4.23. The minimum Gasteiger partial charge on any atom is -0.339 e. The van der Waals surface area contributed by atoms with Gasteiger partial charge in [-0.1, -0.05) is 17.7 Å². The summed E-state index contributed by atoms with van der Waals surface area (Å²) < 4.78 is 0. The minimum absolute atomic E-state index is 0.357. The number of rotatable bonds is 3. The molecule has 0 heterocycles. The molecule has 0 aromatic heterocycles. The first-order valence-corrected chi connectivity index (χ1v) is 6.48. The first-order valence-electron chi connectivity index (χ1n) is 6.48. The molecule has 0 spiro atoms. The fourth-order valence-electron chi connectivity index (χ4n) is 2.15. The third kappa shape index (κ3) is 2.95. The summed E-state index contributed by atoms with van der Waals surface area (Å²) in [6, 6.07) is 18.7. The summed E-state index contributed by atoms with van der Waals surface area (Å²) >= 11 is 0. The quantitative estimate of drug-likeness (QED) is 0.806. The van der Waals surface area contributed by atoms with Crippen LogP contribution in [0.1, 0.15) is 25.0 Å². The second-order valence-corrected chi connectivity index (χ2v) is 4.96. The molecule has 0 radical (unpaired) electrons. The van der Waals surface area contributed by atoms with E-state index in [-0.39, 0.29) is 0 Å². The number of hydrogen-bond donors (Lipinski definition) is 0. The van der Waals surface area contributed by atoms with Gasteiger partial charge >= 0.3 is 0 Å². The third-order valence-corrected chi connectivity index (χ3v) is 3.10. The SMILES string of the molecule is Cc1ccc(N(c2ccc(C#N)cc2)C(C)C)cc1. The van der Waals surface area contributed by atoms with Crippen LogP contribution in [0.3, 0.4) is 0 Å². The van der Waals surface area contributed by atoms with Gasteiger partial charge in [0.15, 0.2) is 0 Å². The average Bonchev–Trinajstić information content (AvgIpc) is 2.42. The van der Waals surface area contributed by atoms with Gasteiger partial charge in [0, 0.05) is 17.4 Å². The van der Waals surface area contributed by atoms with Gasteiger partial charge in [-0.3, -0.25) is 0 Å². The van der Waals surface area contributed by atoms with Crippen LogP contribution in [0.5, 0.6) is 0 Å². The van der Waals surface area contributed by atoms with Crippen LogP contribution < -0.4 is 4.90 Å². The molecular weight excluding hydrogens is 232 g/mol. The lowest BCUT2D eigenvalue weighted by Gasteiger charge is -2.29. The Hall–Kier alpha value is -2.27. The number of aryl methyl sites for hydroxylation is 1. The van der Waals surface area contributed by atoms with Crippen molar-refractivity contribution < 1.29 is 0 Å². The van der Waals surface area contributed by atoms with Crippen LogP contribution in [0.2, 0.25) is 0 Å². The summed E-state index contributed by atoms with van der Waals surface area (Å²) in [4.78, 5) is 2.26. The summed E-state index contributed by atoms with van der Waals surface area (Å²) in [6.07, 6.45) is 0. The maximum absolute atomic E-state index is 8.86. The van der Waals surface area contributed by atoms with Crippen molar-refractivity contribution in [2.75, 3.05) is 4.90 Å². The highest BCUT2D eigenvalue weighted by atomic mass is 15.2. The molecule has 0 aliphatic carbocycles. The highest BCUT2D eigenvalue weighted by Crippen LogP contribution is 2.28. The van der Waals surface area contributed by atoms with E-state index in [2.05, 4.69) is 56.0 Å². The lowest BCUT2D eigenvalue weighted by Crippen LogP contribution is -2.25. The predicted octanol–water partition coefficient (Wildman–Crippen LogP) is 4.41. The van der Waals surface area contributed by atoms with Gasteiger partial charge in [-0.2, -0.15) is 5.26 Å². The summed E-state index contributed by atoms with van der Waals surface area (Å²) in [5, 5.41) is 8.86. The molecule has 0 saturated heterocycles. The van der Waals surface area contributed by atoms with Crippen LogP contribution in [0.4, 0.5) is 11.4 Å². The van der Waals surface area contributed by atoms with E-state index in [0.717, 1.165) is 5.69 Å². The van der Waals surface area contributed by atoms with Gasteiger partial charge in [0.1, 0.15) is 0 Å². The van der Waals surface area contributed by atoms with Crippen LogP contribution in [-0.4, -0.2) is 6.04 Å². The number of nitrogens with zero attached hydrogens (tertiary/aromatic N) is 2. The Balaban J connectivity index is 2.39. The number of benzene rings is 2. The first-order chi connectivity index (χ1) is 9.11. The zero-order valence-corrected chi connectivity index (χ0v) is 11.6. The molecule has 2 heteroatoms. The monoisotopic (exact) mass is 250 g/mol. The Morgan fingerprint density at radius 1 is 0.895 bits per heavy atom. The molecule has 2 nitrogen and oxygen atoms in total. The molecule has 0 N–H and O–H groups in total. The van der Waals surface area contributed by atoms with Crippen molar-refractivity contribution >= 4 is 11.4 Å². The second kappa shape index (κ2) is 5.58. The molecule has 19 heavy (non-hydrogen) atoms. The summed E-state index contributed by atoms with van der Waals surface area (Å²) in [7, 11) is 0. The fraction of sp³-hybridized carbons (Fsp3) is 0.235. The van der Waals surface area contributed by atoms with Crippen LogP contribution in [0.25, 0.3) is 0 Å². The van der Waals surface area contributed by atoms with Crippen LogP contribution >= 0.6 is 0 Å². The minimum atomic E-state index is 0.357. The van der Waals surface area contributed by atoms with E-state index in [4.69, 9.17) is 5.26 Å². The molecule has 2 aromatic carbocycles. The van der Waals surface area contributed by atoms with Crippen molar-refractivity contribution in [3.63, 3.8) is 0 Å². The maximum Gasteiger partial charge on any atom is 0.0991 e. The van der Waals surface area contributed by atoms with Crippen molar-refractivity contribution in [2.45, 2.75) is 26.8 Å². The Bertz CT molecular complexity index is 574. The van der Waals surface area contributed by atoms with E-state index in [1.807, 2.05) is 24.3 Å². The standard InChI is InChI=1S/C17H18N2/c1-13(2)19(16-8-4-14(3)5-9-16)17-10-6-15(12-18)7-11-17/h4-11,13H,1-3H3. The highest BCUT2D eigenvalue weighted by Gasteiger charge is 2.12. The first kappa shape index (κ1) is 13.2. The number of hydrogen-bond acceptors (Lipinski definition) is 2. The summed E-state index contributed by atoms with van der Waals surface area (Å²) in [6.45, 7) is 6.42. The zero-order valence-electron chi connectivity index (χ0n) is 11.6. The normalized spacial score (nSPS) is 10.3. The van der Waals surface area contributed by atoms with Crippen molar-refractivity contribution in [1.82, 2.24) is 0 Å². The fourth-order valence-corrected chi connectivity index (χ4v) is 2.15. The van der Waals surface area contributed by atoms with Gasteiger partial charge in [0.2, 0.25) is 0 Å². The van der Waals surface area contributed by atoms with E-state index >= 15 is 0 Å². The zero-order chi connectivity index (χ0) is 13.8. The third-order valence-electron chi connectivity index (χ3n) is 3.10. The predicted molar refractivity (Wildman–Crippen MR) is 79.6 cm³/mol. The number of nitriles is 1. The molecule has 2 aromatic rings. The molecule has 0 fully saturated rings. The molecule has 0 amide bonds. The molecule has 0 atom stereocenters. The molecule has 0 unspecified atom stereocenters. The van der Waals surface area contributed by atoms with Gasteiger partial charge in [-0.25, -0.2) is 0 Å². The molecular formula is C17H18N2. The van der Waals surface area contributed by atoms with Crippen LogP contribution in [-0.2, 0) is 0 Å². The largest absolute Gasteiger partial charge is 0.339 e. The molecule has 0 saturated carbocycles. The number of anilines is 2. The van der Waals surface area contributed by atoms with Gasteiger partial charge in [-0.15, -0.1) is 0 Å². The Labute approximate surface area is 114 Å². The van der Waals surface area contributed by atoms with Gasteiger partial charge in [-0.05, 0) is 57.2 Å². The lowest BCUT2D eigenvalue weighted by atomic mass is 10.1. The Morgan fingerprint density at radius 2 is 1.37 bits per heavy atom. The van der Waals surface area contributed by atoms with Crippen molar-refractivity contribution in [2.24, 2.45) is 0 Å². The van der Waals surface area contributed by atoms with Crippen molar-refractivity contribution in [1.29, 1.82) is 5.26 Å². The van der Waals surface area contributed by atoms with E-state index in [1.54, 1.807) is 0 Å². The summed E-state index contributed by atoms with van der Waals surface area (Å²) in [5.74, 6) is 0. The van der Waals surface area contributed by atoms with Crippen LogP contribution in [0.15, 0.2) is 48.5 Å². The van der Waals surface area contributed by atoms with Gasteiger partial charge in [0.25, 0.3) is 0 Å². The Kier molecular flexibility index (Phi) is 3.87. The van der Waals surface area contributed by atoms with E-state index in [1.165, 1.54) is 11.3 Å². The van der Waals surface area contributed by atoms with E-state index in [0.29, 0.717) is 11.6 Å². The van der Waals surface area contributed by atoms with Crippen molar-refractivity contribution in [3.05, 3.63) is 59.7 Å². The van der Waals surface area contributed by atoms with Gasteiger partial charge < -0.3 is 4.90 Å². The smallest absolute Gasteiger partial charge is 0.0991 e. The Morgan fingerprint density at radius 3 is 1.79 bits per heavy atom.